The topological polar surface area (TPSA) is 37.3 Å². The normalized spacial score (nSPS) is 9.37. The van der Waals surface area contributed by atoms with Gasteiger partial charge in [-0.25, -0.2) is 26.7 Å². The minimum absolute atomic E-state index is 0.176. The van der Waals surface area contributed by atoms with Crippen LogP contribution in [0.25, 0.3) is 6.08 Å². The number of hydrogen-bond acceptors (Lipinski definition) is 1. The zero-order chi connectivity index (χ0) is 15.3. The molecule has 0 saturated heterocycles. The van der Waals surface area contributed by atoms with Gasteiger partial charge in [-0.3, -0.25) is 0 Å². The molecule has 1 aromatic rings. The molecular formula is C12H9F5O2. The molecule has 0 atom stereocenters. The third kappa shape index (κ3) is 3.90. The van der Waals surface area contributed by atoms with E-state index in [1.165, 1.54) is 6.92 Å². The lowest BCUT2D eigenvalue weighted by Crippen LogP contribution is -2.03. The average Bonchev–Trinajstić information content (AvgIpc) is 2.35. The minimum Gasteiger partial charge on any atom is -0.478 e. The van der Waals surface area contributed by atoms with E-state index in [0.717, 1.165) is 0 Å². The van der Waals surface area contributed by atoms with Crippen LogP contribution in [0.1, 0.15) is 12.5 Å². The molecule has 0 aliphatic rings. The van der Waals surface area contributed by atoms with Crippen LogP contribution < -0.4 is 0 Å². The summed E-state index contributed by atoms with van der Waals surface area (Å²) in [6, 6.07) is 0. The van der Waals surface area contributed by atoms with Crippen LogP contribution in [0.15, 0.2) is 18.7 Å². The molecule has 1 N–H and O–H groups in total. The molecule has 0 bridgehead atoms. The van der Waals surface area contributed by atoms with Crippen molar-refractivity contribution in [1.82, 2.24) is 0 Å². The first-order chi connectivity index (χ1) is 8.64. The molecule has 2 nitrogen and oxygen atoms in total. The van der Waals surface area contributed by atoms with Crippen molar-refractivity contribution in [2.75, 3.05) is 0 Å². The van der Waals surface area contributed by atoms with E-state index in [-0.39, 0.29) is 5.57 Å². The van der Waals surface area contributed by atoms with Gasteiger partial charge < -0.3 is 5.11 Å². The van der Waals surface area contributed by atoms with Crippen LogP contribution in [0.3, 0.4) is 0 Å². The van der Waals surface area contributed by atoms with Crippen LogP contribution in [-0.4, -0.2) is 11.1 Å². The van der Waals surface area contributed by atoms with E-state index in [4.69, 9.17) is 5.11 Å². The largest absolute Gasteiger partial charge is 0.478 e. The van der Waals surface area contributed by atoms with Gasteiger partial charge >= 0.3 is 5.97 Å². The molecule has 0 unspecified atom stereocenters. The lowest BCUT2D eigenvalue weighted by molar-refractivity contribution is -0.132. The van der Waals surface area contributed by atoms with E-state index in [1.807, 2.05) is 0 Å². The highest BCUT2D eigenvalue weighted by molar-refractivity contribution is 5.84. The fourth-order valence-electron chi connectivity index (χ4n) is 0.801. The van der Waals surface area contributed by atoms with Crippen LogP contribution in [-0.2, 0) is 4.79 Å². The maximum Gasteiger partial charge on any atom is 0.330 e. The summed E-state index contributed by atoms with van der Waals surface area (Å²) in [5, 5.41) is 7.89. The van der Waals surface area contributed by atoms with Crippen molar-refractivity contribution in [3.63, 3.8) is 0 Å². The highest BCUT2D eigenvalue weighted by Gasteiger charge is 2.23. The van der Waals surface area contributed by atoms with Gasteiger partial charge in [-0.2, -0.15) is 0 Å². The van der Waals surface area contributed by atoms with Crippen molar-refractivity contribution >= 4 is 12.0 Å². The number of halogens is 5. The minimum atomic E-state index is -2.17. The molecule has 0 spiro atoms. The lowest BCUT2D eigenvalue weighted by atomic mass is 10.1. The predicted octanol–water partition coefficient (Wildman–Crippen LogP) is 3.67. The van der Waals surface area contributed by atoms with Gasteiger partial charge in [0, 0.05) is 5.57 Å². The zero-order valence-electron chi connectivity index (χ0n) is 9.74. The summed E-state index contributed by atoms with van der Waals surface area (Å²) >= 11 is 0. The highest BCUT2D eigenvalue weighted by Crippen LogP contribution is 2.23. The number of carboxylic acid groups (broad SMARTS) is 1. The molecule has 0 aliphatic carbocycles. The molecule has 0 aliphatic heterocycles. The first-order valence-corrected chi connectivity index (χ1v) is 4.67. The predicted molar refractivity (Wildman–Crippen MR) is 58.8 cm³/mol. The van der Waals surface area contributed by atoms with Crippen molar-refractivity contribution in [2.45, 2.75) is 6.92 Å². The van der Waals surface area contributed by atoms with Crippen LogP contribution in [0, 0.1) is 29.1 Å². The van der Waals surface area contributed by atoms with E-state index in [0.29, 0.717) is 6.08 Å². The summed E-state index contributed by atoms with van der Waals surface area (Å²) < 4.78 is 62.4. The molecule has 0 fully saturated rings. The Kier molecular flexibility index (Phi) is 5.91. The summed E-state index contributed by atoms with van der Waals surface area (Å²) in [4.78, 5) is 9.60. The number of rotatable bonds is 2. The van der Waals surface area contributed by atoms with E-state index >= 15 is 0 Å². The van der Waals surface area contributed by atoms with Gasteiger partial charge in [-0.05, 0) is 6.92 Å². The van der Waals surface area contributed by atoms with Crippen molar-refractivity contribution < 1.29 is 31.9 Å². The Balaban J connectivity index is 0.000000459. The van der Waals surface area contributed by atoms with E-state index in [2.05, 4.69) is 13.2 Å². The second kappa shape index (κ2) is 6.67. The van der Waals surface area contributed by atoms with Crippen molar-refractivity contribution in [1.29, 1.82) is 0 Å². The second-order valence-corrected chi connectivity index (χ2v) is 3.27. The molecule has 0 heterocycles. The van der Waals surface area contributed by atoms with E-state index in [9.17, 15) is 26.7 Å². The standard InChI is InChI=1S/C8H3F5.C4H6O2/c1-2-3-4(9)6(11)8(13)7(12)5(3)10;1-3(2)4(5)6/h2H,1H2;1H2,2H3,(H,5,6). The second-order valence-electron chi connectivity index (χ2n) is 3.27. The molecule has 0 radical (unpaired) electrons. The average molecular weight is 280 g/mol. The number of benzene rings is 1. The summed E-state index contributed by atoms with van der Waals surface area (Å²) in [6.45, 7) is 7.53. The van der Waals surface area contributed by atoms with Gasteiger partial charge in [0.2, 0.25) is 5.82 Å². The van der Waals surface area contributed by atoms with Gasteiger partial charge in [0.15, 0.2) is 23.3 Å². The molecule has 0 aromatic heterocycles. The maximum absolute atomic E-state index is 12.6. The first-order valence-electron chi connectivity index (χ1n) is 4.67. The lowest BCUT2D eigenvalue weighted by Gasteiger charge is -2.02. The molecular weight excluding hydrogens is 271 g/mol. The summed E-state index contributed by atoms with van der Waals surface area (Å²) in [7, 11) is 0. The smallest absolute Gasteiger partial charge is 0.330 e. The maximum atomic E-state index is 12.6. The van der Waals surface area contributed by atoms with Gasteiger partial charge in [0.1, 0.15) is 0 Å². The van der Waals surface area contributed by atoms with Gasteiger partial charge in [0.05, 0.1) is 5.56 Å². The zero-order valence-corrected chi connectivity index (χ0v) is 9.74. The summed E-state index contributed by atoms with van der Waals surface area (Å²) in [6.07, 6.45) is 0.566. The molecule has 1 rings (SSSR count). The Morgan fingerprint density at radius 1 is 1.00 bits per heavy atom. The van der Waals surface area contributed by atoms with Crippen molar-refractivity contribution in [3.8, 4) is 0 Å². The van der Waals surface area contributed by atoms with Crippen LogP contribution in [0.5, 0.6) is 0 Å². The summed E-state index contributed by atoms with van der Waals surface area (Å²) in [5.41, 5.74) is -0.841. The fourth-order valence-corrected chi connectivity index (χ4v) is 0.801. The van der Waals surface area contributed by atoms with Crippen LogP contribution >= 0.6 is 0 Å². The SMILES string of the molecule is C=C(C)C(=O)O.C=Cc1c(F)c(F)c(F)c(F)c1F. The molecule has 7 heteroatoms. The van der Waals surface area contributed by atoms with Crippen molar-refractivity contribution in [3.05, 3.63) is 53.4 Å². The first kappa shape index (κ1) is 16.8. The Bertz CT molecular complexity index is 496. The Hall–Kier alpha value is -2.18. The number of carboxylic acids is 1. The third-order valence-electron chi connectivity index (χ3n) is 1.81. The fraction of sp³-hybridized carbons (Fsp3) is 0.0833. The Labute approximate surface area is 105 Å². The van der Waals surface area contributed by atoms with E-state index in [1.54, 1.807) is 0 Å². The third-order valence-corrected chi connectivity index (χ3v) is 1.81. The van der Waals surface area contributed by atoms with Crippen LogP contribution in [0.4, 0.5) is 22.0 Å². The van der Waals surface area contributed by atoms with Crippen LogP contribution in [0.2, 0.25) is 0 Å². The Morgan fingerprint density at radius 3 is 1.47 bits per heavy atom. The monoisotopic (exact) mass is 280 g/mol. The van der Waals surface area contributed by atoms with Crippen molar-refractivity contribution in [2.24, 2.45) is 0 Å². The quantitative estimate of drug-likeness (QED) is 0.388. The molecule has 104 valence electrons. The van der Waals surface area contributed by atoms with Gasteiger partial charge in [-0.15, -0.1) is 0 Å². The van der Waals surface area contributed by atoms with E-state index < -0.39 is 40.6 Å². The highest BCUT2D eigenvalue weighted by atomic mass is 19.2. The molecule has 0 saturated carbocycles. The molecule has 1 aromatic carbocycles. The molecule has 19 heavy (non-hydrogen) atoms. The number of hydrogen-bond donors (Lipinski definition) is 1. The Morgan fingerprint density at radius 2 is 1.26 bits per heavy atom. The molecule has 0 amide bonds. The summed E-state index contributed by atoms with van der Waals surface area (Å²) in [5.74, 6) is -10.8. The van der Waals surface area contributed by atoms with Gasteiger partial charge in [0.25, 0.3) is 0 Å². The number of carbonyl (C=O) groups is 1. The van der Waals surface area contributed by atoms with Gasteiger partial charge in [-0.1, -0.05) is 19.2 Å². The number of aliphatic carboxylic acids is 1.